The standard InChI is InChI=1S/C14H21FN2/c15-14-8-12(10-16)7-13(9-14)11-17-5-3-1-2-4-6-17/h7-9H,1-6,10-11,16H2. The maximum atomic E-state index is 13.4. The van der Waals surface area contributed by atoms with E-state index >= 15 is 0 Å². The van der Waals surface area contributed by atoms with Crippen molar-refractivity contribution in [3.05, 3.63) is 35.1 Å². The van der Waals surface area contributed by atoms with Crippen LogP contribution in [0.1, 0.15) is 36.8 Å². The van der Waals surface area contributed by atoms with Gasteiger partial charge in [0.05, 0.1) is 0 Å². The summed E-state index contributed by atoms with van der Waals surface area (Å²) in [5, 5.41) is 0. The van der Waals surface area contributed by atoms with Gasteiger partial charge in [-0.1, -0.05) is 18.9 Å². The molecule has 0 atom stereocenters. The van der Waals surface area contributed by atoms with Crippen LogP contribution in [-0.4, -0.2) is 18.0 Å². The van der Waals surface area contributed by atoms with Crippen molar-refractivity contribution in [3.63, 3.8) is 0 Å². The number of hydrogen-bond donors (Lipinski definition) is 1. The zero-order valence-electron chi connectivity index (χ0n) is 10.3. The Morgan fingerprint density at radius 3 is 2.29 bits per heavy atom. The molecular formula is C14H21FN2. The van der Waals surface area contributed by atoms with Gasteiger partial charge in [-0.15, -0.1) is 0 Å². The maximum Gasteiger partial charge on any atom is 0.123 e. The van der Waals surface area contributed by atoms with Crippen LogP contribution in [0.3, 0.4) is 0 Å². The Morgan fingerprint density at radius 2 is 1.65 bits per heavy atom. The van der Waals surface area contributed by atoms with Crippen LogP contribution >= 0.6 is 0 Å². The lowest BCUT2D eigenvalue weighted by atomic mass is 10.1. The molecule has 0 saturated carbocycles. The smallest absolute Gasteiger partial charge is 0.123 e. The van der Waals surface area contributed by atoms with Crippen molar-refractivity contribution in [1.82, 2.24) is 4.90 Å². The van der Waals surface area contributed by atoms with Crippen LogP contribution in [0.15, 0.2) is 18.2 Å². The first-order chi connectivity index (χ1) is 8.28. The molecule has 0 aromatic heterocycles. The first-order valence-corrected chi connectivity index (χ1v) is 6.49. The van der Waals surface area contributed by atoms with Gasteiger partial charge in [-0.25, -0.2) is 4.39 Å². The third-order valence-corrected chi connectivity index (χ3v) is 3.36. The second-order valence-electron chi connectivity index (χ2n) is 4.86. The molecule has 0 spiro atoms. The number of halogens is 1. The van der Waals surface area contributed by atoms with Gasteiger partial charge in [0.2, 0.25) is 0 Å². The highest BCUT2D eigenvalue weighted by molar-refractivity contribution is 5.24. The average Bonchev–Trinajstić information content (AvgIpc) is 2.57. The molecule has 17 heavy (non-hydrogen) atoms. The quantitative estimate of drug-likeness (QED) is 0.874. The van der Waals surface area contributed by atoms with E-state index in [9.17, 15) is 4.39 Å². The van der Waals surface area contributed by atoms with Gasteiger partial charge in [-0.2, -0.15) is 0 Å². The third kappa shape index (κ3) is 3.79. The SMILES string of the molecule is NCc1cc(F)cc(CN2CCCCCC2)c1. The van der Waals surface area contributed by atoms with Crippen LogP contribution in [0.2, 0.25) is 0 Å². The topological polar surface area (TPSA) is 29.3 Å². The Morgan fingerprint density at radius 1 is 1.00 bits per heavy atom. The van der Waals surface area contributed by atoms with Crippen molar-refractivity contribution in [2.24, 2.45) is 5.73 Å². The summed E-state index contributed by atoms with van der Waals surface area (Å²) >= 11 is 0. The van der Waals surface area contributed by atoms with E-state index in [1.165, 1.54) is 31.7 Å². The zero-order chi connectivity index (χ0) is 12.1. The lowest BCUT2D eigenvalue weighted by Crippen LogP contribution is -2.24. The highest BCUT2D eigenvalue weighted by Crippen LogP contribution is 2.15. The summed E-state index contributed by atoms with van der Waals surface area (Å²) in [6, 6.07) is 5.17. The predicted octanol–water partition coefficient (Wildman–Crippen LogP) is 2.66. The average molecular weight is 236 g/mol. The van der Waals surface area contributed by atoms with Gasteiger partial charge in [0, 0.05) is 13.1 Å². The van der Waals surface area contributed by atoms with E-state index in [2.05, 4.69) is 4.90 Å². The van der Waals surface area contributed by atoms with Gasteiger partial charge >= 0.3 is 0 Å². The van der Waals surface area contributed by atoms with Crippen LogP contribution < -0.4 is 5.73 Å². The molecule has 94 valence electrons. The number of benzene rings is 1. The lowest BCUT2D eigenvalue weighted by molar-refractivity contribution is 0.276. The van der Waals surface area contributed by atoms with E-state index in [0.717, 1.165) is 30.8 Å². The molecule has 3 heteroatoms. The Bertz CT molecular complexity index is 357. The van der Waals surface area contributed by atoms with E-state index in [-0.39, 0.29) is 5.82 Å². The summed E-state index contributed by atoms with van der Waals surface area (Å²) in [4.78, 5) is 2.42. The fraction of sp³-hybridized carbons (Fsp3) is 0.571. The molecule has 1 aromatic rings. The number of hydrogen-bond acceptors (Lipinski definition) is 2. The van der Waals surface area contributed by atoms with Crippen LogP contribution in [-0.2, 0) is 13.1 Å². The fourth-order valence-corrected chi connectivity index (χ4v) is 2.48. The second kappa shape index (κ2) is 6.12. The van der Waals surface area contributed by atoms with Crippen molar-refractivity contribution in [3.8, 4) is 0 Å². The Kier molecular flexibility index (Phi) is 4.51. The first kappa shape index (κ1) is 12.5. The summed E-state index contributed by atoms with van der Waals surface area (Å²) in [5.41, 5.74) is 7.50. The molecule has 1 heterocycles. The Balaban J connectivity index is 2.03. The molecule has 0 amide bonds. The van der Waals surface area contributed by atoms with Crippen LogP contribution in [0.25, 0.3) is 0 Å². The van der Waals surface area contributed by atoms with Gasteiger partial charge in [0.1, 0.15) is 5.82 Å². The fourth-order valence-electron chi connectivity index (χ4n) is 2.48. The molecular weight excluding hydrogens is 215 g/mol. The van der Waals surface area contributed by atoms with Crippen LogP contribution in [0, 0.1) is 5.82 Å². The molecule has 1 saturated heterocycles. The third-order valence-electron chi connectivity index (χ3n) is 3.36. The van der Waals surface area contributed by atoms with Gasteiger partial charge in [0.25, 0.3) is 0 Å². The molecule has 2 rings (SSSR count). The minimum Gasteiger partial charge on any atom is -0.326 e. The van der Waals surface area contributed by atoms with E-state index in [1.807, 2.05) is 6.07 Å². The monoisotopic (exact) mass is 236 g/mol. The van der Waals surface area contributed by atoms with Crippen molar-refractivity contribution < 1.29 is 4.39 Å². The number of nitrogens with zero attached hydrogens (tertiary/aromatic N) is 1. The minimum atomic E-state index is -0.169. The molecule has 2 N–H and O–H groups in total. The van der Waals surface area contributed by atoms with Gasteiger partial charge < -0.3 is 5.73 Å². The summed E-state index contributed by atoms with van der Waals surface area (Å²) < 4.78 is 13.4. The van der Waals surface area contributed by atoms with Crippen molar-refractivity contribution in [2.75, 3.05) is 13.1 Å². The zero-order valence-corrected chi connectivity index (χ0v) is 10.3. The molecule has 1 aromatic carbocycles. The predicted molar refractivity (Wildman–Crippen MR) is 68.0 cm³/mol. The van der Waals surface area contributed by atoms with Crippen molar-refractivity contribution >= 4 is 0 Å². The second-order valence-corrected chi connectivity index (χ2v) is 4.86. The summed E-state index contributed by atoms with van der Waals surface area (Å²) in [5.74, 6) is -0.169. The maximum absolute atomic E-state index is 13.4. The first-order valence-electron chi connectivity index (χ1n) is 6.49. The lowest BCUT2D eigenvalue weighted by Gasteiger charge is -2.20. The van der Waals surface area contributed by atoms with Gasteiger partial charge in [-0.05, 0) is 49.2 Å². The summed E-state index contributed by atoms with van der Waals surface area (Å²) in [6.45, 7) is 3.53. The molecule has 0 radical (unpaired) electrons. The largest absolute Gasteiger partial charge is 0.326 e. The van der Waals surface area contributed by atoms with Crippen molar-refractivity contribution in [2.45, 2.75) is 38.8 Å². The number of likely N-dealkylation sites (tertiary alicyclic amines) is 1. The van der Waals surface area contributed by atoms with E-state index in [1.54, 1.807) is 6.07 Å². The van der Waals surface area contributed by atoms with E-state index in [0.29, 0.717) is 6.54 Å². The Hall–Kier alpha value is -0.930. The molecule has 1 aliphatic rings. The molecule has 0 unspecified atom stereocenters. The van der Waals surface area contributed by atoms with Crippen molar-refractivity contribution in [1.29, 1.82) is 0 Å². The molecule has 1 fully saturated rings. The number of nitrogens with two attached hydrogens (primary N) is 1. The van der Waals surface area contributed by atoms with Crippen LogP contribution in [0.5, 0.6) is 0 Å². The normalized spacial score (nSPS) is 18.0. The Labute approximate surface area is 103 Å². The summed E-state index contributed by atoms with van der Waals surface area (Å²) in [6.07, 6.45) is 5.18. The van der Waals surface area contributed by atoms with Gasteiger partial charge in [0.15, 0.2) is 0 Å². The van der Waals surface area contributed by atoms with Gasteiger partial charge in [-0.3, -0.25) is 4.90 Å². The molecule has 2 nitrogen and oxygen atoms in total. The molecule has 0 aliphatic carbocycles. The number of rotatable bonds is 3. The molecule has 0 bridgehead atoms. The minimum absolute atomic E-state index is 0.169. The highest BCUT2D eigenvalue weighted by Gasteiger charge is 2.10. The van der Waals surface area contributed by atoms with E-state index < -0.39 is 0 Å². The van der Waals surface area contributed by atoms with Crippen LogP contribution in [0.4, 0.5) is 4.39 Å². The molecule has 1 aliphatic heterocycles. The summed E-state index contributed by atoms with van der Waals surface area (Å²) in [7, 11) is 0. The highest BCUT2D eigenvalue weighted by atomic mass is 19.1. The van der Waals surface area contributed by atoms with E-state index in [4.69, 9.17) is 5.73 Å².